The Labute approximate surface area is 79.9 Å². The van der Waals surface area contributed by atoms with E-state index < -0.39 is 21.6 Å². The number of alkyl halides is 3. The second-order valence-corrected chi connectivity index (χ2v) is 4.82. The molecule has 0 saturated carbocycles. The molecule has 8 heteroatoms. The molecule has 0 aromatic rings. The van der Waals surface area contributed by atoms with E-state index in [1.807, 2.05) is 0 Å². The van der Waals surface area contributed by atoms with Gasteiger partial charge in [-0.05, 0) is 19.4 Å². The smallest absolute Gasteiger partial charge is 0.315 e. The number of rotatable bonds is 2. The van der Waals surface area contributed by atoms with Crippen LogP contribution in [0.25, 0.3) is 0 Å². The lowest BCUT2D eigenvalue weighted by Crippen LogP contribution is -2.49. The van der Waals surface area contributed by atoms with Crippen molar-refractivity contribution < 1.29 is 21.6 Å². The maximum Gasteiger partial charge on any atom is 0.511 e. The molecule has 1 fully saturated rings. The van der Waals surface area contributed by atoms with Gasteiger partial charge >= 0.3 is 15.5 Å². The van der Waals surface area contributed by atoms with Crippen molar-refractivity contribution in [3.8, 4) is 0 Å². The van der Waals surface area contributed by atoms with Crippen LogP contribution in [0.15, 0.2) is 0 Å². The highest BCUT2D eigenvalue weighted by Gasteiger charge is 2.46. The van der Waals surface area contributed by atoms with E-state index in [0.717, 1.165) is 0 Å². The van der Waals surface area contributed by atoms with Gasteiger partial charge in [0.25, 0.3) is 0 Å². The van der Waals surface area contributed by atoms with Gasteiger partial charge in [0, 0.05) is 12.6 Å². The lowest BCUT2D eigenvalue weighted by molar-refractivity contribution is -0.0451. The van der Waals surface area contributed by atoms with E-state index in [-0.39, 0.29) is 6.54 Å². The van der Waals surface area contributed by atoms with Crippen LogP contribution in [0, 0.1) is 0 Å². The first-order valence-electron chi connectivity index (χ1n) is 4.12. The van der Waals surface area contributed by atoms with E-state index in [4.69, 9.17) is 0 Å². The monoisotopic (exact) mass is 232 g/mol. The summed E-state index contributed by atoms with van der Waals surface area (Å²) in [5.74, 6) is 0. The summed E-state index contributed by atoms with van der Waals surface area (Å²) in [6, 6.07) is -0.657. The fraction of sp³-hybridized carbons (Fsp3) is 1.00. The van der Waals surface area contributed by atoms with Gasteiger partial charge in [0.05, 0.1) is 0 Å². The molecular weight excluding hydrogens is 221 g/mol. The first kappa shape index (κ1) is 11.7. The second kappa shape index (κ2) is 4.03. The van der Waals surface area contributed by atoms with Gasteiger partial charge in [-0.2, -0.15) is 13.2 Å². The van der Waals surface area contributed by atoms with Gasteiger partial charge in [0.15, 0.2) is 0 Å². The lowest BCUT2D eigenvalue weighted by Gasteiger charge is -2.23. The Hall–Kier alpha value is -0.340. The predicted octanol–water partition coefficient (Wildman–Crippen LogP) is 0.178. The summed E-state index contributed by atoms with van der Waals surface area (Å²) < 4.78 is 58.7. The second-order valence-electron chi connectivity index (χ2n) is 3.11. The highest BCUT2D eigenvalue weighted by molar-refractivity contribution is 7.90. The van der Waals surface area contributed by atoms with Crippen molar-refractivity contribution in [2.45, 2.75) is 24.4 Å². The molecule has 0 radical (unpaired) electrons. The number of hydrogen-bond acceptors (Lipinski definition) is 3. The summed E-state index contributed by atoms with van der Waals surface area (Å²) in [4.78, 5) is 0. The minimum Gasteiger partial charge on any atom is -0.315 e. The van der Waals surface area contributed by atoms with Gasteiger partial charge in [0.2, 0.25) is 0 Å². The highest BCUT2D eigenvalue weighted by atomic mass is 32.2. The Morgan fingerprint density at radius 2 is 2.00 bits per heavy atom. The van der Waals surface area contributed by atoms with Crippen LogP contribution in [0.5, 0.6) is 0 Å². The van der Waals surface area contributed by atoms with Gasteiger partial charge in [-0.25, -0.2) is 13.1 Å². The van der Waals surface area contributed by atoms with Crippen LogP contribution in [0.1, 0.15) is 12.8 Å². The summed E-state index contributed by atoms with van der Waals surface area (Å²) in [7, 11) is -5.19. The van der Waals surface area contributed by atoms with Crippen LogP contribution in [0.4, 0.5) is 13.2 Å². The molecule has 0 unspecified atom stereocenters. The quantitative estimate of drug-likeness (QED) is 0.714. The molecule has 1 saturated heterocycles. The standard InChI is InChI=1S/C6H11F3N2O2S/c7-6(8,9)14(12,13)11-5-2-1-3-10-4-5/h5,10-11H,1-4H2/t5-/m1/s1. The highest BCUT2D eigenvalue weighted by Crippen LogP contribution is 2.22. The molecule has 1 heterocycles. The molecule has 84 valence electrons. The maximum absolute atomic E-state index is 11.9. The van der Waals surface area contributed by atoms with Gasteiger partial charge in [0.1, 0.15) is 0 Å². The molecule has 2 N–H and O–H groups in total. The summed E-state index contributed by atoms with van der Waals surface area (Å²) in [6.07, 6.45) is 1.10. The Bertz CT molecular complexity index is 282. The Morgan fingerprint density at radius 3 is 2.43 bits per heavy atom. The van der Waals surface area contributed by atoms with Crippen molar-refractivity contribution in [1.29, 1.82) is 0 Å². The number of sulfonamides is 1. The molecule has 1 aliphatic rings. The molecule has 0 spiro atoms. The number of nitrogens with one attached hydrogen (secondary N) is 2. The van der Waals surface area contributed by atoms with Gasteiger partial charge in [-0.3, -0.25) is 0 Å². The Balaban J connectivity index is 2.58. The molecular formula is C6H11F3N2O2S. The summed E-state index contributed by atoms with van der Waals surface area (Å²) in [5, 5.41) is 2.81. The molecule has 1 atom stereocenters. The zero-order chi connectivity index (χ0) is 10.8. The van der Waals surface area contributed by atoms with Gasteiger partial charge in [-0.1, -0.05) is 0 Å². The van der Waals surface area contributed by atoms with Crippen LogP contribution in [-0.2, 0) is 10.0 Å². The number of piperidine rings is 1. The molecule has 0 amide bonds. The first-order valence-corrected chi connectivity index (χ1v) is 5.60. The maximum atomic E-state index is 11.9. The minimum atomic E-state index is -5.22. The van der Waals surface area contributed by atoms with Crippen molar-refractivity contribution in [3.05, 3.63) is 0 Å². The molecule has 1 aliphatic heterocycles. The van der Waals surface area contributed by atoms with Crippen molar-refractivity contribution in [1.82, 2.24) is 10.0 Å². The van der Waals surface area contributed by atoms with Crippen molar-refractivity contribution >= 4 is 10.0 Å². The third kappa shape index (κ3) is 2.82. The van der Waals surface area contributed by atoms with E-state index in [1.54, 1.807) is 4.72 Å². The minimum absolute atomic E-state index is 0.245. The zero-order valence-corrected chi connectivity index (χ0v) is 8.08. The topological polar surface area (TPSA) is 58.2 Å². The Kier molecular flexibility index (Phi) is 3.38. The molecule has 0 aromatic carbocycles. The third-order valence-corrected chi connectivity index (χ3v) is 3.18. The van der Waals surface area contributed by atoms with E-state index in [0.29, 0.717) is 19.4 Å². The summed E-state index contributed by atoms with van der Waals surface area (Å²) >= 11 is 0. The Morgan fingerprint density at radius 1 is 1.36 bits per heavy atom. The fourth-order valence-electron chi connectivity index (χ4n) is 1.24. The van der Waals surface area contributed by atoms with E-state index >= 15 is 0 Å². The van der Waals surface area contributed by atoms with Crippen molar-refractivity contribution in [2.75, 3.05) is 13.1 Å². The molecule has 14 heavy (non-hydrogen) atoms. The largest absolute Gasteiger partial charge is 0.511 e. The fourth-order valence-corrected chi connectivity index (χ4v) is 2.01. The number of hydrogen-bond donors (Lipinski definition) is 2. The third-order valence-electron chi connectivity index (χ3n) is 1.92. The van der Waals surface area contributed by atoms with Crippen LogP contribution < -0.4 is 10.0 Å². The average molecular weight is 232 g/mol. The molecule has 1 rings (SSSR count). The number of halogens is 3. The van der Waals surface area contributed by atoms with Gasteiger partial charge < -0.3 is 5.32 Å². The summed E-state index contributed by atoms with van der Waals surface area (Å²) in [6.45, 7) is 0.958. The van der Waals surface area contributed by atoms with Crippen LogP contribution in [-0.4, -0.2) is 33.1 Å². The molecule has 0 aromatic heterocycles. The van der Waals surface area contributed by atoms with Crippen LogP contribution in [0.3, 0.4) is 0 Å². The molecule has 0 bridgehead atoms. The van der Waals surface area contributed by atoms with Crippen LogP contribution in [0.2, 0.25) is 0 Å². The van der Waals surface area contributed by atoms with E-state index in [2.05, 4.69) is 5.32 Å². The molecule has 0 aliphatic carbocycles. The first-order chi connectivity index (χ1) is 6.33. The predicted molar refractivity (Wildman–Crippen MR) is 44.0 cm³/mol. The lowest BCUT2D eigenvalue weighted by atomic mass is 10.1. The zero-order valence-electron chi connectivity index (χ0n) is 7.26. The SMILES string of the molecule is O=S(=O)(N[C@@H]1CCCNC1)C(F)(F)F. The van der Waals surface area contributed by atoms with Crippen LogP contribution >= 0.6 is 0 Å². The summed E-state index contributed by atoms with van der Waals surface area (Å²) in [5.41, 5.74) is -5.22. The van der Waals surface area contributed by atoms with E-state index in [1.165, 1.54) is 0 Å². The van der Waals surface area contributed by atoms with Crippen molar-refractivity contribution in [3.63, 3.8) is 0 Å². The van der Waals surface area contributed by atoms with E-state index in [9.17, 15) is 21.6 Å². The average Bonchev–Trinajstić information content (AvgIpc) is 2.03. The van der Waals surface area contributed by atoms with Crippen molar-refractivity contribution in [2.24, 2.45) is 0 Å². The molecule has 4 nitrogen and oxygen atoms in total. The normalized spacial score (nSPS) is 24.9. The van der Waals surface area contributed by atoms with Gasteiger partial charge in [-0.15, -0.1) is 0 Å².